The fourth-order valence-electron chi connectivity index (χ4n) is 1.77. The highest BCUT2D eigenvalue weighted by Crippen LogP contribution is 2.29. The zero-order valence-electron chi connectivity index (χ0n) is 11.6. The number of nitrogens with two attached hydrogens (primary N) is 1. The van der Waals surface area contributed by atoms with E-state index in [1.165, 1.54) is 6.07 Å². The smallest absolute Gasteiger partial charge is 0.182 e. The van der Waals surface area contributed by atoms with Crippen molar-refractivity contribution in [1.29, 1.82) is 0 Å². The summed E-state index contributed by atoms with van der Waals surface area (Å²) in [7, 11) is 0. The van der Waals surface area contributed by atoms with Gasteiger partial charge in [0.15, 0.2) is 11.6 Å². The van der Waals surface area contributed by atoms with Gasteiger partial charge in [-0.2, -0.15) is 0 Å². The van der Waals surface area contributed by atoms with Gasteiger partial charge < -0.3 is 15.8 Å². The van der Waals surface area contributed by atoms with Gasteiger partial charge in [-0.05, 0) is 26.0 Å². The lowest BCUT2D eigenvalue weighted by Gasteiger charge is -2.14. The van der Waals surface area contributed by atoms with Crippen molar-refractivity contribution in [2.75, 3.05) is 11.1 Å². The lowest BCUT2D eigenvalue weighted by Crippen LogP contribution is -2.08. The van der Waals surface area contributed by atoms with Crippen molar-refractivity contribution < 1.29 is 17.9 Å². The number of hydrogen-bond donors (Lipinski definition) is 2. The number of ether oxygens (including phenoxy) is 1. The SMILES string of the molecule is CC(C)Oc1cc(Nc2cc(F)cc(F)c2F)ccc1N. The molecule has 0 saturated heterocycles. The lowest BCUT2D eigenvalue weighted by atomic mass is 10.2. The first-order chi connectivity index (χ1) is 9.86. The van der Waals surface area contributed by atoms with Crippen LogP contribution in [-0.4, -0.2) is 6.10 Å². The molecule has 21 heavy (non-hydrogen) atoms. The normalized spacial score (nSPS) is 10.8. The summed E-state index contributed by atoms with van der Waals surface area (Å²) in [4.78, 5) is 0. The summed E-state index contributed by atoms with van der Waals surface area (Å²) in [5, 5.41) is 2.60. The van der Waals surface area contributed by atoms with Crippen LogP contribution in [-0.2, 0) is 0 Å². The third-order valence-corrected chi connectivity index (χ3v) is 2.65. The largest absolute Gasteiger partial charge is 0.489 e. The second-order valence-corrected chi connectivity index (χ2v) is 4.79. The standard InChI is InChI=1S/C15H15F3N2O/c1-8(2)21-14-7-10(3-4-12(14)19)20-13-6-9(16)5-11(17)15(13)18/h3-8,20H,19H2,1-2H3. The van der Waals surface area contributed by atoms with Crippen LogP contribution in [0.5, 0.6) is 5.75 Å². The van der Waals surface area contributed by atoms with Crippen molar-refractivity contribution in [1.82, 2.24) is 0 Å². The summed E-state index contributed by atoms with van der Waals surface area (Å²) in [5.74, 6) is -2.87. The number of nitrogens with one attached hydrogen (secondary N) is 1. The minimum Gasteiger partial charge on any atom is -0.489 e. The highest BCUT2D eigenvalue weighted by atomic mass is 19.2. The van der Waals surface area contributed by atoms with Gasteiger partial charge in [0, 0.05) is 23.9 Å². The molecule has 2 rings (SSSR count). The molecule has 3 nitrogen and oxygen atoms in total. The van der Waals surface area contributed by atoms with E-state index < -0.39 is 17.5 Å². The minimum absolute atomic E-state index is 0.0918. The highest BCUT2D eigenvalue weighted by molar-refractivity contribution is 5.67. The van der Waals surface area contributed by atoms with E-state index in [2.05, 4.69) is 5.32 Å². The number of anilines is 3. The van der Waals surface area contributed by atoms with Crippen LogP contribution in [0.15, 0.2) is 30.3 Å². The van der Waals surface area contributed by atoms with Crippen molar-refractivity contribution in [3.63, 3.8) is 0 Å². The quantitative estimate of drug-likeness (QED) is 0.656. The summed E-state index contributed by atoms with van der Waals surface area (Å²) >= 11 is 0. The lowest BCUT2D eigenvalue weighted by molar-refractivity contribution is 0.244. The predicted molar refractivity (Wildman–Crippen MR) is 76.2 cm³/mol. The molecule has 0 aromatic heterocycles. The maximum Gasteiger partial charge on any atom is 0.182 e. The fraction of sp³-hybridized carbons (Fsp3) is 0.200. The Kier molecular flexibility index (Phi) is 4.26. The molecule has 0 heterocycles. The van der Waals surface area contributed by atoms with E-state index in [0.717, 1.165) is 6.07 Å². The number of nitrogen functional groups attached to an aromatic ring is 1. The Balaban J connectivity index is 2.32. The molecule has 112 valence electrons. The van der Waals surface area contributed by atoms with Crippen molar-refractivity contribution >= 4 is 17.1 Å². The molecule has 0 radical (unpaired) electrons. The summed E-state index contributed by atoms with van der Waals surface area (Å²) in [6.45, 7) is 3.67. The van der Waals surface area contributed by atoms with Crippen LogP contribution in [0, 0.1) is 17.5 Å². The molecule has 0 fully saturated rings. The Labute approximate surface area is 120 Å². The summed E-state index contributed by atoms with van der Waals surface area (Å²) in [6, 6.07) is 6.02. The van der Waals surface area contributed by atoms with Crippen LogP contribution < -0.4 is 15.8 Å². The first kappa shape index (κ1) is 15.0. The Hall–Kier alpha value is -2.37. The Morgan fingerprint density at radius 2 is 1.81 bits per heavy atom. The molecular weight excluding hydrogens is 281 g/mol. The molecule has 2 aromatic carbocycles. The highest BCUT2D eigenvalue weighted by Gasteiger charge is 2.12. The van der Waals surface area contributed by atoms with Crippen molar-refractivity contribution in [3.8, 4) is 5.75 Å². The molecular formula is C15H15F3N2O. The number of rotatable bonds is 4. The van der Waals surface area contributed by atoms with Gasteiger partial charge in [0.25, 0.3) is 0 Å². The maximum atomic E-state index is 13.6. The van der Waals surface area contributed by atoms with E-state index in [4.69, 9.17) is 10.5 Å². The maximum absolute atomic E-state index is 13.6. The monoisotopic (exact) mass is 296 g/mol. The van der Waals surface area contributed by atoms with E-state index in [0.29, 0.717) is 23.2 Å². The molecule has 0 aliphatic rings. The number of hydrogen-bond acceptors (Lipinski definition) is 3. The topological polar surface area (TPSA) is 47.3 Å². The first-order valence-electron chi connectivity index (χ1n) is 6.34. The molecule has 0 unspecified atom stereocenters. The minimum atomic E-state index is -1.26. The average Bonchev–Trinajstić information content (AvgIpc) is 2.38. The first-order valence-corrected chi connectivity index (χ1v) is 6.34. The van der Waals surface area contributed by atoms with E-state index >= 15 is 0 Å². The molecule has 0 bridgehead atoms. The van der Waals surface area contributed by atoms with Gasteiger partial charge in [-0.3, -0.25) is 0 Å². The molecule has 6 heteroatoms. The molecule has 0 amide bonds. The van der Waals surface area contributed by atoms with E-state index in [1.807, 2.05) is 13.8 Å². The Bertz CT molecular complexity index is 660. The van der Waals surface area contributed by atoms with Gasteiger partial charge in [0.1, 0.15) is 11.6 Å². The van der Waals surface area contributed by atoms with Gasteiger partial charge in [-0.25, -0.2) is 13.2 Å². The summed E-state index contributed by atoms with van der Waals surface area (Å²) < 4.78 is 45.4. The Morgan fingerprint density at radius 1 is 1.10 bits per heavy atom. The second kappa shape index (κ2) is 5.95. The summed E-state index contributed by atoms with van der Waals surface area (Å²) in [6.07, 6.45) is -0.0918. The number of benzene rings is 2. The van der Waals surface area contributed by atoms with Crippen LogP contribution in [0.4, 0.5) is 30.2 Å². The number of halogens is 3. The zero-order chi connectivity index (χ0) is 15.6. The molecule has 0 aliphatic heterocycles. The van der Waals surface area contributed by atoms with Crippen molar-refractivity contribution in [3.05, 3.63) is 47.8 Å². The van der Waals surface area contributed by atoms with Crippen LogP contribution >= 0.6 is 0 Å². The van der Waals surface area contributed by atoms with Crippen LogP contribution in [0.2, 0.25) is 0 Å². The Morgan fingerprint density at radius 3 is 2.48 bits per heavy atom. The van der Waals surface area contributed by atoms with E-state index in [-0.39, 0.29) is 11.8 Å². The summed E-state index contributed by atoms with van der Waals surface area (Å²) in [5.41, 5.74) is 6.29. The van der Waals surface area contributed by atoms with Gasteiger partial charge in [0.2, 0.25) is 0 Å². The molecule has 0 atom stereocenters. The van der Waals surface area contributed by atoms with Crippen molar-refractivity contribution in [2.24, 2.45) is 0 Å². The average molecular weight is 296 g/mol. The van der Waals surface area contributed by atoms with Crippen molar-refractivity contribution in [2.45, 2.75) is 20.0 Å². The van der Waals surface area contributed by atoms with Crippen LogP contribution in [0.3, 0.4) is 0 Å². The van der Waals surface area contributed by atoms with Gasteiger partial charge in [-0.1, -0.05) is 0 Å². The molecule has 0 saturated carbocycles. The molecule has 2 aromatic rings. The van der Waals surface area contributed by atoms with E-state index in [9.17, 15) is 13.2 Å². The van der Waals surface area contributed by atoms with Crippen LogP contribution in [0.1, 0.15) is 13.8 Å². The third kappa shape index (κ3) is 3.59. The molecule has 0 aliphatic carbocycles. The van der Waals surface area contributed by atoms with Gasteiger partial charge in [0.05, 0.1) is 17.5 Å². The van der Waals surface area contributed by atoms with Crippen LogP contribution in [0.25, 0.3) is 0 Å². The molecule has 3 N–H and O–H groups in total. The second-order valence-electron chi connectivity index (χ2n) is 4.79. The fourth-order valence-corrected chi connectivity index (χ4v) is 1.77. The molecule has 0 spiro atoms. The van der Waals surface area contributed by atoms with Gasteiger partial charge in [-0.15, -0.1) is 0 Å². The third-order valence-electron chi connectivity index (χ3n) is 2.65. The zero-order valence-corrected chi connectivity index (χ0v) is 11.6. The van der Waals surface area contributed by atoms with E-state index in [1.54, 1.807) is 12.1 Å². The van der Waals surface area contributed by atoms with Gasteiger partial charge >= 0.3 is 0 Å². The predicted octanol–water partition coefficient (Wildman–Crippen LogP) is 4.22.